The van der Waals surface area contributed by atoms with Crippen LogP contribution in [0.1, 0.15) is 35.6 Å². The van der Waals surface area contributed by atoms with E-state index in [0.29, 0.717) is 0 Å². The predicted octanol–water partition coefficient (Wildman–Crippen LogP) is 6.46. The van der Waals surface area contributed by atoms with Crippen LogP contribution in [0.25, 0.3) is 38.5 Å². The molecule has 0 spiro atoms. The molecule has 3 heterocycles. The van der Waals surface area contributed by atoms with Gasteiger partial charge in [-0.15, -0.1) is 0 Å². The van der Waals surface area contributed by atoms with Crippen molar-refractivity contribution in [2.45, 2.75) is 19.3 Å². The number of fused-ring (bicyclic) bond motifs is 7. The Bertz CT molecular complexity index is 1750. The number of rotatable bonds is 1. The molecule has 7 rings (SSSR count). The first-order chi connectivity index (χ1) is 16.1. The number of nitrogens with zero attached hydrogens (tertiary/aromatic N) is 3. The molecule has 0 aliphatic carbocycles. The van der Waals surface area contributed by atoms with Gasteiger partial charge in [-0.1, -0.05) is 48.5 Å². The van der Waals surface area contributed by atoms with Gasteiger partial charge < -0.3 is 4.57 Å². The van der Waals surface area contributed by atoms with Crippen LogP contribution >= 0.6 is 0 Å². The van der Waals surface area contributed by atoms with Gasteiger partial charge in [0.25, 0.3) is 5.91 Å². The Balaban J connectivity index is 1.62. The molecule has 0 N–H and O–H groups in total. The standard InChI is InChI=1S/C29H21N3O/c1-29(2)22-16-20-19-12-6-8-14-24(19)31(18-10-4-3-5-11-18)26(20)17-21(22)27(33)32-25-15-9-7-13-23(25)30-28(29)32/h3-17H,1-2H3. The van der Waals surface area contributed by atoms with Crippen molar-refractivity contribution in [3.63, 3.8) is 0 Å². The number of hydrogen-bond acceptors (Lipinski definition) is 2. The van der Waals surface area contributed by atoms with Gasteiger partial charge in [0.15, 0.2) is 0 Å². The highest BCUT2D eigenvalue weighted by Gasteiger charge is 2.40. The van der Waals surface area contributed by atoms with E-state index in [2.05, 4.69) is 66.9 Å². The number of para-hydroxylation sites is 4. The Morgan fingerprint density at radius 2 is 1.39 bits per heavy atom. The molecular weight excluding hydrogens is 406 g/mol. The second-order valence-electron chi connectivity index (χ2n) is 9.29. The third kappa shape index (κ3) is 2.30. The molecule has 0 fully saturated rings. The molecule has 0 bridgehead atoms. The van der Waals surface area contributed by atoms with Crippen LogP contribution in [0.3, 0.4) is 0 Å². The van der Waals surface area contributed by atoms with Crippen molar-refractivity contribution < 1.29 is 4.79 Å². The molecule has 4 nitrogen and oxygen atoms in total. The minimum absolute atomic E-state index is 0.0141. The lowest BCUT2D eigenvalue weighted by Gasteiger charge is -2.32. The number of carbonyl (C=O) groups is 1. The van der Waals surface area contributed by atoms with Crippen molar-refractivity contribution in [1.29, 1.82) is 0 Å². The predicted molar refractivity (Wildman–Crippen MR) is 132 cm³/mol. The first-order valence-electron chi connectivity index (χ1n) is 11.2. The molecule has 1 aliphatic rings. The molecule has 0 unspecified atom stereocenters. The summed E-state index contributed by atoms with van der Waals surface area (Å²) in [6.07, 6.45) is 0. The summed E-state index contributed by atoms with van der Waals surface area (Å²) < 4.78 is 4.06. The fourth-order valence-electron chi connectivity index (χ4n) is 5.46. The Morgan fingerprint density at radius 1 is 0.697 bits per heavy atom. The van der Waals surface area contributed by atoms with Gasteiger partial charge in [0.1, 0.15) is 5.82 Å². The minimum Gasteiger partial charge on any atom is -0.309 e. The highest BCUT2D eigenvalue weighted by atomic mass is 16.2. The molecule has 0 saturated heterocycles. The van der Waals surface area contributed by atoms with E-state index in [1.54, 1.807) is 4.57 Å². The van der Waals surface area contributed by atoms with Crippen LogP contribution in [0.5, 0.6) is 0 Å². The van der Waals surface area contributed by atoms with Gasteiger partial charge in [-0.3, -0.25) is 9.36 Å². The van der Waals surface area contributed by atoms with E-state index in [-0.39, 0.29) is 5.91 Å². The number of imidazole rings is 1. The van der Waals surface area contributed by atoms with Gasteiger partial charge in [-0.25, -0.2) is 4.98 Å². The number of hydrogen-bond donors (Lipinski definition) is 0. The number of benzene rings is 4. The van der Waals surface area contributed by atoms with Crippen molar-refractivity contribution in [3.8, 4) is 5.69 Å². The van der Waals surface area contributed by atoms with Crippen LogP contribution in [0.4, 0.5) is 0 Å². The lowest BCUT2D eigenvalue weighted by atomic mass is 9.77. The molecule has 0 amide bonds. The van der Waals surface area contributed by atoms with Gasteiger partial charge >= 0.3 is 0 Å². The summed E-state index contributed by atoms with van der Waals surface area (Å²) in [7, 11) is 0. The molecule has 1 aliphatic heterocycles. The highest BCUT2D eigenvalue weighted by molar-refractivity contribution is 6.14. The van der Waals surface area contributed by atoms with Crippen LogP contribution in [-0.2, 0) is 5.41 Å². The molecule has 33 heavy (non-hydrogen) atoms. The van der Waals surface area contributed by atoms with E-state index in [4.69, 9.17) is 4.98 Å². The van der Waals surface area contributed by atoms with E-state index < -0.39 is 5.41 Å². The monoisotopic (exact) mass is 427 g/mol. The zero-order chi connectivity index (χ0) is 22.3. The minimum atomic E-state index is -0.410. The third-order valence-electron chi connectivity index (χ3n) is 7.05. The second-order valence-corrected chi connectivity index (χ2v) is 9.29. The molecular formula is C29H21N3O. The normalized spacial score (nSPS) is 14.7. The SMILES string of the molecule is CC1(C)c2cc3c4ccccc4n(-c4ccccc4)c3cc2C(=O)n2c1nc1ccccc12. The van der Waals surface area contributed by atoms with Crippen molar-refractivity contribution in [2.24, 2.45) is 0 Å². The lowest BCUT2D eigenvalue weighted by molar-refractivity contribution is 0.0948. The molecule has 0 atom stereocenters. The first kappa shape index (κ1) is 18.4. The summed E-state index contributed by atoms with van der Waals surface area (Å²) in [5.74, 6) is 0.784. The number of aromatic nitrogens is 3. The molecule has 2 aromatic heterocycles. The Labute approximate surface area is 190 Å². The van der Waals surface area contributed by atoms with Gasteiger partial charge in [0.05, 0.1) is 22.1 Å². The fourth-order valence-corrected chi connectivity index (χ4v) is 5.46. The van der Waals surface area contributed by atoms with Crippen LogP contribution < -0.4 is 0 Å². The summed E-state index contributed by atoms with van der Waals surface area (Å²) in [5.41, 5.74) is 6.33. The average molecular weight is 428 g/mol. The first-order valence-corrected chi connectivity index (χ1v) is 11.2. The maximum atomic E-state index is 13.9. The summed E-state index contributed by atoms with van der Waals surface area (Å²) in [5, 5.41) is 2.33. The molecule has 0 radical (unpaired) electrons. The quantitative estimate of drug-likeness (QED) is 0.302. The van der Waals surface area contributed by atoms with Gasteiger partial charge in [0, 0.05) is 27.4 Å². The van der Waals surface area contributed by atoms with Gasteiger partial charge in [0.2, 0.25) is 0 Å². The molecule has 158 valence electrons. The smallest absolute Gasteiger partial charge is 0.264 e. The molecule has 0 saturated carbocycles. The van der Waals surface area contributed by atoms with Gasteiger partial charge in [-0.2, -0.15) is 0 Å². The van der Waals surface area contributed by atoms with E-state index in [1.165, 1.54) is 5.39 Å². The van der Waals surface area contributed by atoms with E-state index in [1.807, 2.05) is 42.5 Å². The highest BCUT2D eigenvalue weighted by Crippen LogP contribution is 2.43. The second kappa shape index (κ2) is 6.20. The van der Waals surface area contributed by atoms with Gasteiger partial charge in [-0.05, 0) is 61.9 Å². The van der Waals surface area contributed by atoms with Crippen LogP contribution in [-0.4, -0.2) is 20.0 Å². The van der Waals surface area contributed by atoms with Crippen molar-refractivity contribution >= 4 is 38.7 Å². The maximum Gasteiger partial charge on any atom is 0.264 e. The summed E-state index contributed by atoms with van der Waals surface area (Å²) in [4.78, 5) is 18.8. The summed E-state index contributed by atoms with van der Waals surface area (Å²) in [6, 6.07) is 31.0. The van der Waals surface area contributed by atoms with Crippen molar-refractivity contribution in [3.05, 3.63) is 108 Å². The van der Waals surface area contributed by atoms with Crippen molar-refractivity contribution in [1.82, 2.24) is 14.1 Å². The summed E-state index contributed by atoms with van der Waals surface area (Å²) >= 11 is 0. The largest absolute Gasteiger partial charge is 0.309 e. The Hall–Kier alpha value is -4.18. The molecule has 6 aromatic rings. The lowest BCUT2D eigenvalue weighted by Crippen LogP contribution is -2.35. The topological polar surface area (TPSA) is 39.8 Å². The third-order valence-corrected chi connectivity index (χ3v) is 7.05. The molecule has 4 heteroatoms. The van der Waals surface area contributed by atoms with E-state index in [0.717, 1.165) is 50.1 Å². The average Bonchev–Trinajstić information content (AvgIpc) is 3.39. The fraction of sp³-hybridized carbons (Fsp3) is 0.103. The van der Waals surface area contributed by atoms with E-state index >= 15 is 0 Å². The van der Waals surface area contributed by atoms with Crippen molar-refractivity contribution in [2.75, 3.05) is 0 Å². The van der Waals surface area contributed by atoms with Crippen LogP contribution in [0.2, 0.25) is 0 Å². The Kier molecular flexibility index (Phi) is 3.46. The van der Waals surface area contributed by atoms with Crippen LogP contribution in [0.15, 0.2) is 91.0 Å². The van der Waals surface area contributed by atoms with E-state index in [9.17, 15) is 4.79 Å². The zero-order valence-electron chi connectivity index (χ0n) is 18.4. The Morgan fingerprint density at radius 3 is 2.21 bits per heavy atom. The summed E-state index contributed by atoms with van der Waals surface area (Å²) in [6.45, 7) is 4.33. The van der Waals surface area contributed by atoms with Crippen LogP contribution in [0, 0.1) is 0 Å². The number of carbonyl (C=O) groups excluding carboxylic acids is 1. The molecule has 4 aromatic carbocycles. The maximum absolute atomic E-state index is 13.9. The zero-order valence-corrected chi connectivity index (χ0v) is 18.4.